The average Bonchev–Trinajstić information content (AvgIpc) is 3.23. The molecule has 0 aliphatic heterocycles. The zero-order valence-corrected chi connectivity index (χ0v) is 19.2. The molecule has 3 aromatic rings. The number of carbonyl (C=O) groups is 1. The van der Waals surface area contributed by atoms with Gasteiger partial charge in [0.25, 0.3) is 0 Å². The van der Waals surface area contributed by atoms with Crippen molar-refractivity contribution in [1.82, 2.24) is 9.47 Å². The van der Waals surface area contributed by atoms with Crippen molar-refractivity contribution in [2.24, 2.45) is 0 Å². The molecule has 1 fully saturated rings. The van der Waals surface area contributed by atoms with Crippen LogP contribution in [0.25, 0.3) is 0 Å². The minimum Gasteiger partial charge on any atom is -0.345 e. The van der Waals surface area contributed by atoms with Crippen molar-refractivity contribution in [2.75, 3.05) is 5.75 Å². The highest BCUT2D eigenvalue weighted by Crippen LogP contribution is 2.26. The van der Waals surface area contributed by atoms with E-state index in [4.69, 9.17) is 0 Å². The lowest BCUT2D eigenvalue weighted by molar-refractivity contribution is -0.132. The van der Waals surface area contributed by atoms with E-state index in [1.807, 2.05) is 18.2 Å². The summed E-state index contributed by atoms with van der Waals surface area (Å²) in [6, 6.07) is 23.5. The van der Waals surface area contributed by atoms with Gasteiger partial charge in [-0.1, -0.05) is 67.3 Å². The number of hydrogen-bond donors (Lipinski definition) is 0. The zero-order valence-electron chi connectivity index (χ0n) is 18.4. The molecule has 0 radical (unpaired) electrons. The Balaban J connectivity index is 1.48. The highest BCUT2D eigenvalue weighted by molar-refractivity contribution is 8.00. The Morgan fingerprint density at radius 2 is 1.81 bits per heavy atom. The molecule has 0 bridgehead atoms. The lowest BCUT2D eigenvalue weighted by atomic mass is 9.94. The van der Waals surface area contributed by atoms with Gasteiger partial charge in [0.05, 0.1) is 12.3 Å². The van der Waals surface area contributed by atoms with Crippen molar-refractivity contribution in [3.05, 3.63) is 89.7 Å². The van der Waals surface area contributed by atoms with E-state index in [-0.39, 0.29) is 5.91 Å². The van der Waals surface area contributed by atoms with E-state index in [1.165, 1.54) is 36.1 Å². The molecular weight excluding hydrogens is 400 g/mol. The first-order chi connectivity index (χ1) is 15.2. The Kier molecular flexibility index (Phi) is 7.52. The van der Waals surface area contributed by atoms with Crippen LogP contribution in [0.5, 0.6) is 0 Å². The van der Waals surface area contributed by atoms with Crippen molar-refractivity contribution in [3.63, 3.8) is 0 Å². The number of benzene rings is 2. The summed E-state index contributed by atoms with van der Waals surface area (Å²) in [6.45, 7) is 3.67. The van der Waals surface area contributed by atoms with Gasteiger partial charge in [-0.3, -0.25) is 4.79 Å². The highest BCUT2D eigenvalue weighted by Gasteiger charge is 2.26. The van der Waals surface area contributed by atoms with Crippen LogP contribution >= 0.6 is 11.8 Å². The normalized spacial score (nSPS) is 14.5. The van der Waals surface area contributed by atoms with Gasteiger partial charge in [-0.05, 0) is 49.6 Å². The predicted molar refractivity (Wildman–Crippen MR) is 129 cm³/mol. The fourth-order valence-electron chi connectivity index (χ4n) is 4.49. The summed E-state index contributed by atoms with van der Waals surface area (Å²) < 4.78 is 2.29. The van der Waals surface area contributed by atoms with E-state index < -0.39 is 0 Å². The molecule has 0 atom stereocenters. The fourth-order valence-corrected chi connectivity index (χ4v) is 5.29. The second kappa shape index (κ2) is 10.7. The van der Waals surface area contributed by atoms with Gasteiger partial charge < -0.3 is 9.47 Å². The number of thioether (sulfide) groups is 1. The van der Waals surface area contributed by atoms with Crippen LogP contribution in [-0.4, -0.2) is 27.2 Å². The quantitative estimate of drug-likeness (QED) is 0.390. The van der Waals surface area contributed by atoms with Crippen LogP contribution in [0.15, 0.2) is 77.8 Å². The lowest BCUT2D eigenvalue weighted by Crippen LogP contribution is -2.42. The molecule has 162 valence electrons. The summed E-state index contributed by atoms with van der Waals surface area (Å²) >= 11 is 1.64. The molecule has 1 amide bonds. The van der Waals surface area contributed by atoms with Gasteiger partial charge >= 0.3 is 0 Å². The monoisotopic (exact) mass is 432 g/mol. The van der Waals surface area contributed by atoms with Crippen LogP contribution in [0.1, 0.15) is 48.9 Å². The summed E-state index contributed by atoms with van der Waals surface area (Å²) in [6.07, 6.45) is 8.14. The fraction of sp³-hybridized carbons (Fsp3) is 0.370. The standard InChI is InChI=1S/C27H32N2OS/c1-22-10-8-11-23(18-22)19-28-17-9-14-25(28)20-29(24-12-4-2-5-13-24)27(30)21-31-26-15-6-3-7-16-26/h3,6-11,14-18,24H,2,4-5,12-13,19-21H2,1H3. The number of aryl methyl sites for hydroxylation is 1. The van der Waals surface area contributed by atoms with Crippen molar-refractivity contribution in [3.8, 4) is 0 Å². The largest absolute Gasteiger partial charge is 0.345 e. The molecule has 0 spiro atoms. The maximum atomic E-state index is 13.4. The first-order valence-corrected chi connectivity index (χ1v) is 12.3. The summed E-state index contributed by atoms with van der Waals surface area (Å²) in [5.74, 6) is 0.753. The van der Waals surface area contributed by atoms with E-state index >= 15 is 0 Å². The Morgan fingerprint density at radius 1 is 1.00 bits per heavy atom. The molecule has 0 N–H and O–H groups in total. The van der Waals surface area contributed by atoms with Gasteiger partial charge in [0.2, 0.25) is 5.91 Å². The van der Waals surface area contributed by atoms with Crippen LogP contribution in [0, 0.1) is 6.92 Å². The third-order valence-electron chi connectivity index (χ3n) is 6.13. The molecule has 0 saturated heterocycles. The SMILES string of the molecule is Cc1cccc(Cn2cccc2CN(C(=O)CSc2ccccc2)C2CCCCC2)c1. The van der Waals surface area contributed by atoms with E-state index in [1.54, 1.807) is 11.8 Å². The Morgan fingerprint density at radius 3 is 2.58 bits per heavy atom. The smallest absolute Gasteiger partial charge is 0.233 e. The molecule has 1 saturated carbocycles. The maximum Gasteiger partial charge on any atom is 0.233 e. The molecule has 0 unspecified atom stereocenters. The number of nitrogens with zero attached hydrogens (tertiary/aromatic N) is 2. The number of aromatic nitrogens is 1. The third-order valence-corrected chi connectivity index (χ3v) is 7.13. The van der Waals surface area contributed by atoms with Gasteiger partial charge in [0.15, 0.2) is 0 Å². The van der Waals surface area contributed by atoms with Crippen LogP contribution < -0.4 is 0 Å². The number of hydrogen-bond acceptors (Lipinski definition) is 2. The first-order valence-electron chi connectivity index (χ1n) is 11.4. The second-order valence-electron chi connectivity index (χ2n) is 8.53. The van der Waals surface area contributed by atoms with E-state index in [0.717, 1.165) is 24.3 Å². The maximum absolute atomic E-state index is 13.4. The minimum absolute atomic E-state index is 0.254. The minimum atomic E-state index is 0.254. The first kappa shape index (κ1) is 21.8. The molecule has 4 rings (SSSR count). The number of rotatable bonds is 8. The van der Waals surface area contributed by atoms with Crippen molar-refractivity contribution in [1.29, 1.82) is 0 Å². The number of amides is 1. The van der Waals surface area contributed by atoms with Crippen molar-refractivity contribution in [2.45, 2.75) is 63.1 Å². The highest BCUT2D eigenvalue weighted by atomic mass is 32.2. The molecule has 2 aromatic carbocycles. The van der Waals surface area contributed by atoms with E-state index in [9.17, 15) is 4.79 Å². The van der Waals surface area contributed by atoms with Crippen LogP contribution in [0.4, 0.5) is 0 Å². The molecule has 1 heterocycles. The van der Waals surface area contributed by atoms with Crippen LogP contribution in [0.2, 0.25) is 0 Å². The molecule has 4 heteroatoms. The Bertz CT molecular complexity index is 976. The lowest BCUT2D eigenvalue weighted by Gasteiger charge is -2.34. The molecule has 1 aromatic heterocycles. The molecule has 3 nitrogen and oxygen atoms in total. The number of carbonyl (C=O) groups excluding carboxylic acids is 1. The molecule has 1 aliphatic rings. The van der Waals surface area contributed by atoms with Gasteiger partial charge in [0.1, 0.15) is 0 Å². The zero-order chi connectivity index (χ0) is 21.5. The molecule has 31 heavy (non-hydrogen) atoms. The topological polar surface area (TPSA) is 25.2 Å². The summed E-state index contributed by atoms with van der Waals surface area (Å²) in [7, 11) is 0. The van der Waals surface area contributed by atoms with Crippen molar-refractivity contribution >= 4 is 17.7 Å². The van der Waals surface area contributed by atoms with Gasteiger partial charge in [0, 0.05) is 29.4 Å². The third kappa shape index (κ3) is 6.04. The molecule has 1 aliphatic carbocycles. The predicted octanol–water partition coefficient (Wildman–Crippen LogP) is 6.30. The van der Waals surface area contributed by atoms with E-state index in [0.29, 0.717) is 18.3 Å². The second-order valence-corrected chi connectivity index (χ2v) is 9.58. The summed E-state index contributed by atoms with van der Waals surface area (Å²) in [4.78, 5) is 16.7. The van der Waals surface area contributed by atoms with Gasteiger partial charge in [-0.2, -0.15) is 0 Å². The van der Waals surface area contributed by atoms with E-state index in [2.05, 4.69) is 71.1 Å². The Hall–Kier alpha value is -2.46. The Labute approximate surface area is 190 Å². The van der Waals surface area contributed by atoms with Gasteiger partial charge in [-0.25, -0.2) is 0 Å². The van der Waals surface area contributed by atoms with Crippen molar-refractivity contribution < 1.29 is 4.79 Å². The van der Waals surface area contributed by atoms with Crippen LogP contribution in [-0.2, 0) is 17.9 Å². The van der Waals surface area contributed by atoms with Gasteiger partial charge in [-0.15, -0.1) is 11.8 Å². The average molecular weight is 433 g/mol. The van der Waals surface area contributed by atoms with Crippen LogP contribution in [0.3, 0.4) is 0 Å². The summed E-state index contributed by atoms with van der Waals surface area (Å²) in [5, 5.41) is 0. The molecular formula is C27H32N2OS. The summed E-state index contributed by atoms with van der Waals surface area (Å²) in [5.41, 5.74) is 3.79.